The van der Waals surface area contributed by atoms with Crippen LogP contribution in [0.15, 0.2) is 59.5 Å². The molecule has 0 fully saturated rings. The summed E-state index contributed by atoms with van der Waals surface area (Å²) in [5.74, 6) is -0.319. The highest BCUT2D eigenvalue weighted by Crippen LogP contribution is 2.18. The Morgan fingerprint density at radius 3 is 2.25 bits per heavy atom. The molecule has 0 unspecified atom stereocenters. The summed E-state index contributed by atoms with van der Waals surface area (Å²) in [4.78, 5) is 23.8. The van der Waals surface area contributed by atoms with Crippen molar-refractivity contribution in [2.75, 3.05) is 27.2 Å². The van der Waals surface area contributed by atoms with Gasteiger partial charge in [-0.25, -0.2) is 12.7 Å². The fourth-order valence-electron chi connectivity index (χ4n) is 2.25. The Balaban J connectivity index is 1.82. The van der Waals surface area contributed by atoms with E-state index in [9.17, 15) is 18.0 Å². The number of carbonyl (C=O) groups excluding carboxylic acids is 2. The molecule has 9 heteroatoms. The van der Waals surface area contributed by atoms with E-state index in [4.69, 9.17) is 4.74 Å². The summed E-state index contributed by atoms with van der Waals surface area (Å²) in [7, 11) is -0.735. The van der Waals surface area contributed by atoms with Crippen molar-refractivity contribution in [2.24, 2.45) is 0 Å². The van der Waals surface area contributed by atoms with E-state index < -0.39 is 21.8 Å². The minimum Gasteiger partial charge on any atom is -0.484 e. The van der Waals surface area contributed by atoms with Gasteiger partial charge in [-0.3, -0.25) is 9.59 Å². The maximum Gasteiger partial charge on any atom is 0.258 e. The van der Waals surface area contributed by atoms with Crippen molar-refractivity contribution in [1.29, 1.82) is 0 Å². The average Bonchev–Trinajstić information content (AvgIpc) is 2.70. The standard InChI is InChI=1S/C19H23N3O5S/c1-22(2)28(25,26)17-11-7-6-8-15(17)12-20-18(23)13-21-19(24)14-27-16-9-4-3-5-10-16/h3-11H,12-14H2,1-2H3,(H,20,23)(H,21,24). The Hall–Kier alpha value is -2.91. The molecule has 2 N–H and O–H groups in total. The fourth-order valence-corrected chi connectivity index (χ4v) is 3.37. The van der Waals surface area contributed by atoms with Crippen molar-refractivity contribution in [3.05, 3.63) is 60.2 Å². The van der Waals surface area contributed by atoms with Gasteiger partial charge in [0.25, 0.3) is 5.91 Å². The lowest BCUT2D eigenvalue weighted by Gasteiger charge is -2.15. The van der Waals surface area contributed by atoms with Gasteiger partial charge in [-0.15, -0.1) is 0 Å². The van der Waals surface area contributed by atoms with E-state index in [1.54, 1.807) is 42.5 Å². The lowest BCUT2D eigenvalue weighted by molar-refractivity contribution is -0.127. The van der Waals surface area contributed by atoms with Gasteiger partial charge in [0, 0.05) is 20.6 Å². The van der Waals surface area contributed by atoms with Gasteiger partial charge in [-0.1, -0.05) is 36.4 Å². The van der Waals surface area contributed by atoms with E-state index in [0.29, 0.717) is 11.3 Å². The second kappa shape index (κ2) is 9.86. The summed E-state index contributed by atoms with van der Waals surface area (Å²) in [6, 6.07) is 15.3. The molecule has 0 aliphatic heterocycles. The van der Waals surface area contributed by atoms with Crippen LogP contribution in [-0.2, 0) is 26.2 Å². The highest BCUT2D eigenvalue weighted by atomic mass is 32.2. The van der Waals surface area contributed by atoms with E-state index in [0.717, 1.165) is 4.31 Å². The van der Waals surface area contributed by atoms with Crippen molar-refractivity contribution in [2.45, 2.75) is 11.4 Å². The van der Waals surface area contributed by atoms with E-state index >= 15 is 0 Å². The smallest absolute Gasteiger partial charge is 0.258 e. The monoisotopic (exact) mass is 405 g/mol. The molecule has 0 aromatic heterocycles. The minimum atomic E-state index is -3.62. The number of ether oxygens (including phenoxy) is 1. The number of para-hydroxylation sites is 1. The van der Waals surface area contributed by atoms with Gasteiger partial charge in [0.2, 0.25) is 15.9 Å². The third-order valence-electron chi connectivity index (χ3n) is 3.77. The van der Waals surface area contributed by atoms with Crippen LogP contribution in [0.25, 0.3) is 0 Å². The summed E-state index contributed by atoms with van der Waals surface area (Å²) in [5, 5.41) is 5.05. The number of nitrogens with zero attached hydrogens (tertiary/aromatic N) is 1. The van der Waals surface area contributed by atoms with Crippen LogP contribution in [0.1, 0.15) is 5.56 Å². The van der Waals surface area contributed by atoms with Crippen molar-refractivity contribution in [3.8, 4) is 5.75 Å². The summed E-state index contributed by atoms with van der Waals surface area (Å²) in [5.41, 5.74) is 0.461. The zero-order valence-corrected chi connectivity index (χ0v) is 16.5. The summed E-state index contributed by atoms with van der Waals surface area (Å²) >= 11 is 0. The van der Waals surface area contributed by atoms with Gasteiger partial charge < -0.3 is 15.4 Å². The van der Waals surface area contributed by atoms with E-state index in [1.807, 2.05) is 6.07 Å². The quantitative estimate of drug-likeness (QED) is 0.641. The SMILES string of the molecule is CN(C)S(=O)(=O)c1ccccc1CNC(=O)CNC(=O)COc1ccccc1. The molecule has 0 aliphatic carbocycles. The van der Waals surface area contributed by atoms with Gasteiger partial charge >= 0.3 is 0 Å². The first-order valence-electron chi connectivity index (χ1n) is 8.52. The van der Waals surface area contributed by atoms with Crippen LogP contribution in [0.3, 0.4) is 0 Å². The molecule has 8 nitrogen and oxygen atoms in total. The maximum atomic E-state index is 12.3. The first kappa shape index (κ1) is 21.4. The third kappa shape index (κ3) is 6.07. The minimum absolute atomic E-state index is 0.0263. The molecule has 0 heterocycles. The topological polar surface area (TPSA) is 105 Å². The molecule has 0 spiro atoms. The van der Waals surface area contributed by atoms with Crippen LogP contribution in [0, 0.1) is 0 Å². The molecule has 0 aliphatic rings. The molecular weight excluding hydrogens is 382 g/mol. The second-order valence-corrected chi connectivity index (χ2v) is 8.17. The Kier molecular flexibility index (Phi) is 7.53. The Morgan fingerprint density at radius 1 is 0.929 bits per heavy atom. The molecule has 0 saturated carbocycles. The Labute approximate surface area is 164 Å². The van der Waals surface area contributed by atoms with Crippen LogP contribution >= 0.6 is 0 Å². The second-order valence-electron chi connectivity index (χ2n) is 6.05. The molecule has 0 radical (unpaired) electrons. The first-order valence-corrected chi connectivity index (χ1v) is 9.96. The summed E-state index contributed by atoms with van der Waals surface area (Å²) in [6.45, 7) is -0.417. The maximum absolute atomic E-state index is 12.3. The summed E-state index contributed by atoms with van der Waals surface area (Å²) in [6.07, 6.45) is 0. The van der Waals surface area contributed by atoms with Gasteiger partial charge in [0.15, 0.2) is 6.61 Å². The molecular formula is C19H23N3O5S. The van der Waals surface area contributed by atoms with Crippen molar-refractivity contribution >= 4 is 21.8 Å². The van der Waals surface area contributed by atoms with Gasteiger partial charge in [0.05, 0.1) is 11.4 Å². The van der Waals surface area contributed by atoms with Crippen LogP contribution < -0.4 is 15.4 Å². The Morgan fingerprint density at radius 2 is 1.57 bits per heavy atom. The lowest BCUT2D eigenvalue weighted by atomic mass is 10.2. The predicted molar refractivity (Wildman–Crippen MR) is 104 cm³/mol. The molecule has 0 atom stereocenters. The summed E-state index contributed by atoms with van der Waals surface area (Å²) < 4.78 is 31.1. The molecule has 0 saturated heterocycles. The number of hydrogen-bond acceptors (Lipinski definition) is 5. The third-order valence-corrected chi connectivity index (χ3v) is 5.68. The molecule has 2 aromatic rings. The number of sulfonamides is 1. The van der Waals surface area contributed by atoms with E-state index in [-0.39, 0.29) is 24.6 Å². The zero-order chi connectivity index (χ0) is 20.6. The van der Waals surface area contributed by atoms with Gasteiger partial charge in [-0.05, 0) is 23.8 Å². The van der Waals surface area contributed by atoms with Crippen molar-refractivity contribution < 1.29 is 22.7 Å². The average molecular weight is 405 g/mol. The van der Waals surface area contributed by atoms with Crippen molar-refractivity contribution in [3.63, 3.8) is 0 Å². The van der Waals surface area contributed by atoms with E-state index in [1.165, 1.54) is 20.2 Å². The number of nitrogens with one attached hydrogen (secondary N) is 2. The van der Waals surface area contributed by atoms with Gasteiger partial charge in [-0.2, -0.15) is 0 Å². The molecule has 28 heavy (non-hydrogen) atoms. The molecule has 2 amide bonds. The molecule has 150 valence electrons. The van der Waals surface area contributed by atoms with Gasteiger partial charge in [0.1, 0.15) is 5.75 Å². The number of carbonyl (C=O) groups is 2. The van der Waals surface area contributed by atoms with Crippen LogP contribution in [0.4, 0.5) is 0 Å². The number of hydrogen-bond donors (Lipinski definition) is 2. The zero-order valence-electron chi connectivity index (χ0n) is 15.7. The largest absolute Gasteiger partial charge is 0.484 e. The number of benzene rings is 2. The lowest BCUT2D eigenvalue weighted by Crippen LogP contribution is -2.38. The molecule has 2 aromatic carbocycles. The number of rotatable bonds is 9. The van der Waals surface area contributed by atoms with Crippen LogP contribution in [0.5, 0.6) is 5.75 Å². The first-order chi connectivity index (χ1) is 13.3. The molecule has 2 rings (SSSR count). The molecule has 0 bridgehead atoms. The Bertz CT molecular complexity index is 914. The predicted octanol–water partition coefficient (Wildman–Crippen LogP) is 0.748. The van der Waals surface area contributed by atoms with Crippen LogP contribution in [0.2, 0.25) is 0 Å². The number of amides is 2. The highest BCUT2D eigenvalue weighted by molar-refractivity contribution is 7.89. The van der Waals surface area contributed by atoms with E-state index in [2.05, 4.69) is 10.6 Å². The normalized spacial score (nSPS) is 11.1. The van der Waals surface area contributed by atoms with Crippen LogP contribution in [-0.4, -0.2) is 51.8 Å². The van der Waals surface area contributed by atoms with Crippen molar-refractivity contribution in [1.82, 2.24) is 14.9 Å². The highest BCUT2D eigenvalue weighted by Gasteiger charge is 2.20. The fraction of sp³-hybridized carbons (Fsp3) is 0.263.